The number of aliphatic hydroxyl groups is 4. The second kappa shape index (κ2) is 9.64. The summed E-state index contributed by atoms with van der Waals surface area (Å²) in [5.41, 5.74) is -1.22. The first-order valence-electron chi connectivity index (χ1n) is 10.5. The maximum Gasteiger partial charge on any atom is 0.308 e. The molecule has 0 aliphatic carbocycles. The van der Waals surface area contributed by atoms with Crippen molar-refractivity contribution in [1.82, 2.24) is 0 Å². The topological polar surface area (TPSA) is 217 Å². The van der Waals surface area contributed by atoms with E-state index in [0.29, 0.717) is 0 Å². The molecule has 2 unspecified atom stereocenters. The van der Waals surface area contributed by atoms with Crippen molar-refractivity contribution in [3.63, 3.8) is 0 Å². The van der Waals surface area contributed by atoms with Gasteiger partial charge in [0, 0.05) is 24.6 Å². The molecule has 7 N–H and O–H groups in total. The Morgan fingerprint density at radius 1 is 1.00 bits per heavy atom. The van der Waals surface area contributed by atoms with Gasteiger partial charge in [0.1, 0.15) is 46.9 Å². The van der Waals surface area contributed by atoms with E-state index in [2.05, 4.69) is 0 Å². The summed E-state index contributed by atoms with van der Waals surface area (Å²) in [6.45, 7) is 0.433. The van der Waals surface area contributed by atoms with Crippen molar-refractivity contribution in [1.29, 1.82) is 0 Å². The fraction of sp³-hybridized carbons (Fsp3) is 0.304. The van der Waals surface area contributed by atoms with Crippen molar-refractivity contribution < 1.29 is 59.2 Å². The molecule has 1 aromatic heterocycles. The highest BCUT2D eigenvalue weighted by Crippen LogP contribution is 2.39. The van der Waals surface area contributed by atoms with Crippen LogP contribution in [0.3, 0.4) is 0 Å². The minimum Gasteiger partial charge on any atom is -0.507 e. The molecule has 4 rings (SSSR count). The number of phenolic OH excluding ortho intramolecular Hbond substituents is 2. The molecule has 13 nitrogen and oxygen atoms in total. The Morgan fingerprint density at radius 2 is 1.72 bits per heavy atom. The summed E-state index contributed by atoms with van der Waals surface area (Å²) in [7, 11) is 0. The average Bonchev–Trinajstić information content (AvgIpc) is 2.82. The largest absolute Gasteiger partial charge is 0.507 e. The van der Waals surface area contributed by atoms with Gasteiger partial charge in [-0.15, -0.1) is 0 Å². The fourth-order valence-corrected chi connectivity index (χ4v) is 3.72. The Labute approximate surface area is 201 Å². The van der Waals surface area contributed by atoms with Crippen LogP contribution in [-0.4, -0.2) is 79.0 Å². The number of benzene rings is 2. The van der Waals surface area contributed by atoms with Gasteiger partial charge >= 0.3 is 5.97 Å². The van der Waals surface area contributed by atoms with Crippen LogP contribution in [0.4, 0.5) is 0 Å². The normalized spacial score (nSPS) is 24.0. The molecule has 1 aliphatic rings. The molecule has 13 heteroatoms. The molecule has 0 bridgehead atoms. The molecule has 1 saturated heterocycles. The number of carbonyl (C=O) groups excluding carboxylic acids is 1. The third-order valence-corrected chi connectivity index (χ3v) is 5.50. The predicted molar refractivity (Wildman–Crippen MR) is 119 cm³/mol. The maximum atomic E-state index is 12.7. The maximum absolute atomic E-state index is 12.7. The van der Waals surface area contributed by atoms with Crippen LogP contribution in [0.15, 0.2) is 39.5 Å². The molecule has 192 valence electrons. The van der Waals surface area contributed by atoms with Crippen LogP contribution in [0.1, 0.15) is 6.92 Å². The molecule has 0 radical (unpaired) electrons. The lowest BCUT2D eigenvalue weighted by atomic mass is 9.99. The van der Waals surface area contributed by atoms with E-state index in [-0.39, 0.29) is 28.0 Å². The summed E-state index contributed by atoms with van der Waals surface area (Å²) in [6, 6.07) is 5.66. The third kappa shape index (κ3) is 4.53. The molecule has 0 amide bonds. The highest BCUT2D eigenvalue weighted by atomic mass is 16.7. The Kier molecular flexibility index (Phi) is 6.75. The number of hydrogen-bond acceptors (Lipinski definition) is 13. The number of aromatic hydroxyl groups is 3. The summed E-state index contributed by atoms with van der Waals surface area (Å²) in [5.74, 6) is -3.50. The van der Waals surface area contributed by atoms with Crippen molar-refractivity contribution in [3.8, 4) is 40.1 Å². The molecule has 2 heterocycles. The molecular weight excluding hydrogens is 484 g/mol. The van der Waals surface area contributed by atoms with Gasteiger partial charge in [-0.05, 0) is 18.2 Å². The van der Waals surface area contributed by atoms with E-state index in [1.807, 2.05) is 0 Å². The molecule has 5 atom stereocenters. The van der Waals surface area contributed by atoms with Crippen LogP contribution in [0.5, 0.6) is 28.7 Å². The van der Waals surface area contributed by atoms with Crippen molar-refractivity contribution in [2.45, 2.75) is 37.6 Å². The van der Waals surface area contributed by atoms with Gasteiger partial charge in [0.2, 0.25) is 17.5 Å². The zero-order chi connectivity index (χ0) is 26.3. The second-order valence-corrected chi connectivity index (χ2v) is 8.02. The number of esters is 1. The third-order valence-electron chi connectivity index (χ3n) is 5.50. The van der Waals surface area contributed by atoms with E-state index in [9.17, 15) is 45.3 Å². The first-order chi connectivity index (χ1) is 17.0. The Bertz CT molecular complexity index is 1360. The van der Waals surface area contributed by atoms with Crippen LogP contribution in [0.2, 0.25) is 0 Å². The molecule has 0 saturated carbocycles. The fourth-order valence-electron chi connectivity index (χ4n) is 3.72. The molecule has 1 fully saturated rings. The first kappa shape index (κ1) is 25.2. The lowest BCUT2D eigenvalue weighted by Crippen LogP contribution is -2.60. The molecule has 1 aliphatic heterocycles. The molecule has 3 aromatic rings. The number of fused-ring (bicyclic) bond motifs is 1. The smallest absolute Gasteiger partial charge is 0.308 e. The number of phenols is 2. The van der Waals surface area contributed by atoms with Crippen LogP contribution >= 0.6 is 0 Å². The van der Waals surface area contributed by atoms with Gasteiger partial charge < -0.3 is 54.4 Å². The Hall–Kier alpha value is -3.88. The summed E-state index contributed by atoms with van der Waals surface area (Å²) in [5, 5.41) is 69.9. The summed E-state index contributed by atoms with van der Waals surface area (Å²) in [6.07, 6.45) is -8.00. The van der Waals surface area contributed by atoms with E-state index in [1.54, 1.807) is 0 Å². The van der Waals surface area contributed by atoms with Gasteiger partial charge in [0.25, 0.3) is 0 Å². The van der Waals surface area contributed by atoms with Crippen molar-refractivity contribution in [3.05, 3.63) is 40.6 Å². The van der Waals surface area contributed by atoms with Gasteiger partial charge in [-0.3, -0.25) is 9.59 Å². The van der Waals surface area contributed by atoms with Crippen LogP contribution in [0, 0.1) is 0 Å². The average molecular weight is 506 g/mol. The Balaban J connectivity index is 1.75. The quantitative estimate of drug-likeness (QED) is 0.175. The number of aliphatic hydroxyl groups excluding tert-OH is 4. The number of hydrogen-bond donors (Lipinski definition) is 7. The highest BCUT2D eigenvalue weighted by Gasteiger charge is 2.45. The minimum atomic E-state index is -1.76. The van der Waals surface area contributed by atoms with E-state index in [1.165, 1.54) is 6.07 Å². The summed E-state index contributed by atoms with van der Waals surface area (Å²) >= 11 is 0. The SMILES string of the molecule is CC(=O)Oc1cc(O)c2c(=O)c(O)c(-c3ccc(O)c(O[C@@H]4OC(CO)[C@@H](O)[C@H](O)C4O)c3)oc2c1. The van der Waals surface area contributed by atoms with Crippen LogP contribution in [0.25, 0.3) is 22.3 Å². The van der Waals surface area contributed by atoms with E-state index < -0.39 is 71.7 Å². The van der Waals surface area contributed by atoms with Crippen LogP contribution in [-0.2, 0) is 9.53 Å². The number of carbonyl (C=O) groups is 1. The molecule has 36 heavy (non-hydrogen) atoms. The van der Waals surface area contributed by atoms with Gasteiger partial charge in [-0.25, -0.2) is 0 Å². The van der Waals surface area contributed by atoms with Gasteiger partial charge in [0.15, 0.2) is 17.3 Å². The van der Waals surface area contributed by atoms with Gasteiger partial charge in [-0.2, -0.15) is 0 Å². The highest BCUT2D eigenvalue weighted by molar-refractivity contribution is 5.89. The lowest BCUT2D eigenvalue weighted by Gasteiger charge is -2.39. The predicted octanol–water partition coefficient (Wildman–Crippen LogP) is -0.319. The van der Waals surface area contributed by atoms with Crippen molar-refractivity contribution in [2.24, 2.45) is 0 Å². The van der Waals surface area contributed by atoms with Gasteiger partial charge in [-0.1, -0.05) is 0 Å². The standard InChI is InChI=1S/C23H22O13/c1-8(25)33-10-5-12(27)16-14(6-10)34-22(20(31)18(16)29)9-2-3-11(26)13(4-9)35-23-21(32)19(30)17(28)15(7-24)36-23/h2-6,15,17,19,21,23-24,26-28,30-32H,7H2,1H3/t15?,17-,19+,21?,23-/m1/s1. The zero-order valence-electron chi connectivity index (χ0n) is 18.6. The number of ether oxygens (including phenoxy) is 3. The molecule has 0 spiro atoms. The van der Waals surface area contributed by atoms with E-state index >= 15 is 0 Å². The molecule has 2 aromatic carbocycles. The Morgan fingerprint density at radius 3 is 2.39 bits per heavy atom. The minimum absolute atomic E-state index is 0.00118. The van der Waals surface area contributed by atoms with Crippen LogP contribution < -0.4 is 14.9 Å². The zero-order valence-corrected chi connectivity index (χ0v) is 18.6. The van der Waals surface area contributed by atoms with Gasteiger partial charge in [0.05, 0.1) is 6.61 Å². The first-order valence-corrected chi connectivity index (χ1v) is 10.5. The van der Waals surface area contributed by atoms with E-state index in [0.717, 1.165) is 31.2 Å². The van der Waals surface area contributed by atoms with Crippen molar-refractivity contribution >= 4 is 16.9 Å². The molecular formula is C23H22O13. The summed E-state index contributed by atoms with van der Waals surface area (Å²) < 4.78 is 21.2. The van der Waals surface area contributed by atoms with Crippen molar-refractivity contribution in [2.75, 3.05) is 6.61 Å². The monoisotopic (exact) mass is 506 g/mol. The van der Waals surface area contributed by atoms with E-state index in [4.69, 9.17) is 18.6 Å². The second-order valence-electron chi connectivity index (χ2n) is 8.02. The summed E-state index contributed by atoms with van der Waals surface area (Å²) in [4.78, 5) is 24.0. The number of rotatable bonds is 5. The lowest BCUT2D eigenvalue weighted by molar-refractivity contribution is -0.277.